The summed E-state index contributed by atoms with van der Waals surface area (Å²) in [5.41, 5.74) is 0.658. The molecule has 8 heteroatoms. The maximum absolute atomic E-state index is 12.4. The van der Waals surface area contributed by atoms with Crippen LogP contribution in [0.4, 0.5) is 5.69 Å². The van der Waals surface area contributed by atoms with E-state index < -0.39 is 0 Å². The minimum absolute atomic E-state index is 0.0414. The molecule has 0 bridgehead atoms. The summed E-state index contributed by atoms with van der Waals surface area (Å²) in [6.07, 6.45) is 5.87. The molecule has 0 aliphatic carbocycles. The van der Waals surface area contributed by atoms with Gasteiger partial charge in [-0.25, -0.2) is 4.68 Å². The molecule has 0 radical (unpaired) electrons. The molecule has 0 saturated carbocycles. The normalized spacial score (nSPS) is 21.1. The average Bonchev–Trinajstić information content (AvgIpc) is 3.20. The molecule has 162 valence electrons. The Labute approximate surface area is 173 Å². The molecule has 1 aromatic heterocycles. The van der Waals surface area contributed by atoms with Crippen LogP contribution >= 0.6 is 0 Å². The summed E-state index contributed by atoms with van der Waals surface area (Å²) in [4.78, 5) is 28.8. The van der Waals surface area contributed by atoms with E-state index in [1.165, 1.54) is 4.68 Å². The number of ether oxygens (including phenoxy) is 1. The van der Waals surface area contributed by atoms with Crippen LogP contribution in [0.25, 0.3) is 0 Å². The number of hydrogen-bond donors (Lipinski definition) is 1. The van der Waals surface area contributed by atoms with Gasteiger partial charge < -0.3 is 19.9 Å². The fraction of sp³-hybridized carbons (Fsp3) is 0.762. The van der Waals surface area contributed by atoms with Crippen LogP contribution in [0, 0.1) is 5.92 Å². The van der Waals surface area contributed by atoms with Crippen molar-refractivity contribution in [2.24, 2.45) is 13.0 Å². The summed E-state index contributed by atoms with van der Waals surface area (Å²) in [6, 6.07) is 2.19. The monoisotopic (exact) mass is 405 g/mol. The standard InChI is InChI=1S/C21H35N5O3/c1-16(2)25-10-6-19(7-11-25)29-12-4-8-22-21(28)17-5-9-26(15-17)18-13-20(27)24(3)23-14-18/h13-14,16-17,19H,4-12,15H2,1-3H3,(H,22,28). The number of anilines is 1. The van der Waals surface area contributed by atoms with E-state index in [0.717, 1.165) is 51.0 Å². The number of nitrogens with zero attached hydrogens (tertiary/aromatic N) is 4. The fourth-order valence-corrected chi connectivity index (χ4v) is 4.08. The number of hydrogen-bond acceptors (Lipinski definition) is 6. The van der Waals surface area contributed by atoms with Crippen LogP contribution in [-0.4, -0.2) is 72.1 Å². The third-order valence-electron chi connectivity index (χ3n) is 6.06. The lowest BCUT2D eigenvalue weighted by Crippen LogP contribution is -2.41. The van der Waals surface area contributed by atoms with E-state index in [1.54, 1.807) is 19.3 Å². The lowest BCUT2D eigenvalue weighted by Gasteiger charge is -2.34. The molecule has 8 nitrogen and oxygen atoms in total. The minimum Gasteiger partial charge on any atom is -0.378 e. The highest BCUT2D eigenvalue weighted by Gasteiger charge is 2.28. The first kappa shape index (κ1) is 21.8. The van der Waals surface area contributed by atoms with E-state index in [9.17, 15) is 9.59 Å². The van der Waals surface area contributed by atoms with Gasteiger partial charge in [0.1, 0.15) is 0 Å². The van der Waals surface area contributed by atoms with E-state index in [-0.39, 0.29) is 17.4 Å². The van der Waals surface area contributed by atoms with E-state index >= 15 is 0 Å². The second kappa shape index (κ2) is 10.2. The molecule has 29 heavy (non-hydrogen) atoms. The zero-order valence-corrected chi connectivity index (χ0v) is 18.0. The van der Waals surface area contributed by atoms with Gasteiger partial charge >= 0.3 is 0 Å². The van der Waals surface area contributed by atoms with Crippen LogP contribution in [0.1, 0.15) is 39.5 Å². The highest BCUT2D eigenvalue weighted by molar-refractivity contribution is 5.80. The number of piperidine rings is 1. The van der Waals surface area contributed by atoms with Crippen molar-refractivity contribution in [1.82, 2.24) is 20.0 Å². The molecule has 3 rings (SSSR count). The molecular formula is C21H35N5O3. The summed E-state index contributed by atoms with van der Waals surface area (Å²) in [5, 5.41) is 7.10. The zero-order valence-electron chi connectivity index (χ0n) is 18.0. The van der Waals surface area contributed by atoms with Gasteiger partial charge in [-0.2, -0.15) is 5.10 Å². The number of rotatable bonds is 8. The van der Waals surface area contributed by atoms with Crippen molar-refractivity contribution >= 4 is 11.6 Å². The van der Waals surface area contributed by atoms with Gasteiger partial charge in [-0.15, -0.1) is 0 Å². The maximum atomic E-state index is 12.4. The number of likely N-dealkylation sites (tertiary alicyclic amines) is 1. The summed E-state index contributed by atoms with van der Waals surface area (Å²) in [5.74, 6) is 0.0508. The van der Waals surface area contributed by atoms with Crippen molar-refractivity contribution in [3.05, 3.63) is 22.6 Å². The molecule has 1 amide bonds. The van der Waals surface area contributed by atoms with Crippen molar-refractivity contribution < 1.29 is 9.53 Å². The first-order valence-corrected chi connectivity index (χ1v) is 10.9. The number of aryl methyl sites for hydroxylation is 1. The predicted octanol–water partition coefficient (Wildman–Crippen LogP) is 1.00. The molecule has 2 fully saturated rings. The maximum Gasteiger partial charge on any atom is 0.268 e. The molecule has 3 heterocycles. The summed E-state index contributed by atoms with van der Waals surface area (Å²) >= 11 is 0. The van der Waals surface area contributed by atoms with Gasteiger partial charge in [-0.1, -0.05) is 0 Å². The topological polar surface area (TPSA) is 79.7 Å². The number of nitrogens with one attached hydrogen (secondary N) is 1. The van der Waals surface area contributed by atoms with Crippen molar-refractivity contribution in [2.75, 3.05) is 44.2 Å². The predicted molar refractivity (Wildman–Crippen MR) is 113 cm³/mol. The van der Waals surface area contributed by atoms with Crippen LogP contribution in [0.2, 0.25) is 0 Å². The molecule has 2 aliphatic rings. The van der Waals surface area contributed by atoms with Gasteiger partial charge in [0.2, 0.25) is 5.91 Å². The zero-order chi connectivity index (χ0) is 20.8. The molecule has 1 N–H and O–H groups in total. The third-order valence-corrected chi connectivity index (χ3v) is 6.06. The van der Waals surface area contributed by atoms with Crippen molar-refractivity contribution in [1.29, 1.82) is 0 Å². The molecule has 2 aliphatic heterocycles. The first-order chi connectivity index (χ1) is 13.9. The Morgan fingerprint density at radius 3 is 2.72 bits per heavy atom. The number of amides is 1. The molecule has 1 aromatic rings. The third kappa shape index (κ3) is 6.02. The Morgan fingerprint density at radius 1 is 1.28 bits per heavy atom. The Balaban J connectivity index is 1.30. The molecule has 1 unspecified atom stereocenters. The van der Waals surface area contributed by atoms with Crippen LogP contribution < -0.4 is 15.8 Å². The lowest BCUT2D eigenvalue weighted by molar-refractivity contribution is -0.124. The Kier molecular flexibility index (Phi) is 7.66. The Hall–Kier alpha value is -1.93. The first-order valence-electron chi connectivity index (χ1n) is 10.9. The van der Waals surface area contributed by atoms with E-state index in [1.807, 2.05) is 0 Å². The molecule has 0 aromatic carbocycles. The van der Waals surface area contributed by atoms with Crippen molar-refractivity contribution in [3.8, 4) is 0 Å². The molecule has 2 saturated heterocycles. The van der Waals surface area contributed by atoms with Gasteiger partial charge in [0.25, 0.3) is 5.56 Å². The van der Waals surface area contributed by atoms with Crippen LogP contribution in [0.15, 0.2) is 17.1 Å². The second-order valence-electron chi connectivity index (χ2n) is 8.45. The Bertz CT molecular complexity index is 727. The van der Waals surface area contributed by atoms with Crippen molar-refractivity contribution in [3.63, 3.8) is 0 Å². The van der Waals surface area contributed by atoms with Gasteiger partial charge in [0.15, 0.2) is 0 Å². The van der Waals surface area contributed by atoms with Crippen LogP contribution in [-0.2, 0) is 16.6 Å². The quantitative estimate of drug-likeness (QED) is 0.650. The summed E-state index contributed by atoms with van der Waals surface area (Å²) in [7, 11) is 1.63. The van der Waals surface area contributed by atoms with E-state index in [0.29, 0.717) is 31.8 Å². The van der Waals surface area contributed by atoms with E-state index in [2.05, 4.69) is 34.1 Å². The SMILES string of the molecule is CC(C)N1CCC(OCCCNC(=O)C2CCN(c3cnn(C)c(=O)c3)C2)CC1. The highest BCUT2D eigenvalue weighted by Crippen LogP contribution is 2.22. The molecular weight excluding hydrogens is 370 g/mol. The van der Waals surface area contributed by atoms with Crippen molar-refractivity contribution in [2.45, 2.75) is 51.7 Å². The van der Waals surface area contributed by atoms with Gasteiger partial charge in [0, 0.05) is 58.5 Å². The molecule has 0 spiro atoms. The highest BCUT2D eigenvalue weighted by atomic mass is 16.5. The van der Waals surface area contributed by atoms with Crippen LogP contribution in [0.5, 0.6) is 0 Å². The second-order valence-corrected chi connectivity index (χ2v) is 8.45. The van der Waals surface area contributed by atoms with Gasteiger partial charge in [0.05, 0.1) is 23.9 Å². The fourth-order valence-electron chi connectivity index (χ4n) is 4.08. The lowest BCUT2D eigenvalue weighted by atomic mass is 10.1. The number of carbonyl (C=O) groups excluding carboxylic acids is 1. The smallest absolute Gasteiger partial charge is 0.268 e. The van der Waals surface area contributed by atoms with E-state index in [4.69, 9.17) is 4.74 Å². The minimum atomic E-state index is -0.134. The average molecular weight is 406 g/mol. The Morgan fingerprint density at radius 2 is 2.03 bits per heavy atom. The van der Waals surface area contributed by atoms with Gasteiger partial charge in [-0.05, 0) is 39.5 Å². The largest absolute Gasteiger partial charge is 0.378 e. The van der Waals surface area contributed by atoms with Gasteiger partial charge in [-0.3, -0.25) is 9.59 Å². The number of aromatic nitrogens is 2. The number of carbonyl (C=O) groups is 1. The summed E-state index contributed by atoms with van der Waals surface area (Å²) < 4.78 is 7.29. The van der Waals surface area contributed by atoms with Crippen LogP contribution in [0.3, 0.4) is 0 Å². The summed E-state index contributed by atoms with van der Waals surface area (Å²) in [6.45, 7) is 9.45. The molecule has 1 atom stereocenters.